The van der Waals surface area contributed by atoms with E-state index >= 15 is 0 Å². The lowest BCUT2D eigenvalue weighted by Crippen LogP contribution is -2.18. The zero-order valence-corrected chi connectivity index (χ0v) is 13.9. The molecule has 0 saturated carbocycles. The van der Waals surface area contributed by atoms with Crippen molar-refractivity contribution in [2.75, 3.05) is 5.32 Å². The molecule has 3 heteroatoms. The van der Waals surface area contributed by atoms with E-state index in [1.807, 2.05) is 12.1 Å². The van der Waals surface area contributed by atoms with Gasteiger partial charge >= 0.3 is 0 Å². The van der Waals surface area contributed by atoms with Gasteiger partial charge in [-0.25, -0.2) is 4.39 Å². The van der Waals surface area contributed by atoms with Crippen molar-refractivity contribution in [2.24, 2.45) is 0 Å². The highest BCUT2D eigenvalue weighted by atomic mass is 79.9. The van der Waals surface area contributed by atoms with Crippen LogP contribution < -0.4 is 5.32 Å². The van der Waals surface area contributed by atoms with Crippen LogP contribution in [0.1, 0.15) is 48.9 Å². The van der Waals surface area contributed by atoms with E-state index in [0.717, 1.165) is 22.9 Å². The molecule has 1 unspecified atom stereocenters. The molecule has 1 heterocycles. The predicted octanol–water partition coefficient (Wildman–Crippen LogP) is 5.81. The minimum atomic E-state index is -0.183. The van der Waals surface area contributed by atoms with E-state index in [4.69, 9.17) is 0 Å². The number of hydrogen-bond donors (Lipinski definition) is 1. The summed E-state index contributed by atoms with van der Waals surface area (Å²) in [5.41, 5.74) is 5.05. The molecule has 0 saturated heterocycles. The first-order valence-corrected chi connectivity index (χ1v) is 8.18. The molecule has 110 valence electrons. The Balaban J connectivity index is 1.90. The van der Waals surface area contributed by atoms with Gasteiger partial charge in [0.1, 0.15) is 5.82 Å². The van der Waals surface area contributed by atoms with Gasteiger partial charge in [-0.1, -0.05) is 32.0 Å². The summed E-state index contributed by atoms with van der Waals surface area (Å²) < 4.78 is 14.2. The number of rotatable bonds is 2. The average Bonchev–Trinajstić information content (AvgIpc) is 2.47. The van der Waals surface area contributed by atoms with Crippen molar-refractivity contribution < 1.29 is 4.39 Å². The second-order valence-electron chi connectivity index (χ2n) is 5.98. The molecular formula is C18H19BrFN. The molecule has 0 fully saturated rings. The number of fused-ring (bicyclic) bond motifs is 1. The average molecular weight is 348 g/mol. The molecule has 21 heavy (non-hydrogen) atoms. The molecule has 1 aliphatic rings. The molecule has 0 spiro atoms. The van der Waals surface area contributed by atoms with E-state index in [-0.39, 0.29) is 11.9 Å². The standard InChI is InChI=1S/C18H19BrFN/c1-11(2)14-9-13-5-8-17(21-18(13)16(19)10-14)12-3-6-15(20)7-4-12/h3-4,6-7,9-11,17,21H,5,8H2,1-2H3. The summed E-state index contributed by atoms with van der Waals surface area (Å²) in [5, 5.41) is 3.60. The Labute approximate surface area is 133 Å². The van der Waals surface area contributed by atoms with Gasteiger partial charge in [0.05, 0.1) is 11.7 Å². The summed E-state index contributed by atoms with van der Waals surface area (Å²) in [6, 6.07) is 11.6. The Kier molecular flexibility index (Phi) is 4.03. The first-order valence-electron chi connectivity index (χ1n) is 7.39. The van der Waals surface area contributed by atoms with Gasteiger partial charge < -0.3 is 5.32 Å². The lowest BCUT2D eigenvalue weighted by atomic mass is 9.90. The Bertz CT molecular complexity index is 649. The van der Waals surface area contributed by atoms with E-state index in [2.05, 4.69) is 47.2 Å². The zero-order valence-electron chi connectivity index (χ0n) is 12.3. The maximum atomic E-state index is 13.0. The third kappa shape index (κ3) is 2.98. The quantitative estimate of drug-likeness (QED) is 0.722. The monoisotopic (exact) mass is 347 g/mol. The third-order valence-electron chi connectivity index (χ3n) is 4.15. The second kappa shape index (κ2) is 5.80. The fourth-order valence-electron chi connectivity index (χ4n) is 2.87. The van der Waals surface area contributed by atoms with Gasteiger partial charge in [0.25, 0.3) is 0 Å². The number of anilines is 1. The van der Waals surface area contributed by atoms with Crippen molar-refractivity contribution in [1.82, 2.24) is 0 Å². The maximum absolute atomic E-state index is 13.0. The first kappa shape index (κ1) is 14.6. The maximum Gasteiger partial charge on any atom is 0.123 e. The summed E-state index contributed by atoms with van der Waals surface area (Å²) in [6.45, 7) is 4.43. The number of nitrogens with one attached hydrogen (secondary N) is 1. The minimum Gasteiger partial charge on any atom is -0.377 e. The summed E-state index contributed by atoms with van der Waals surface area (Å²) in [4.78, 5) is 0. The van der Waals surface area contributed by atoms with Crippen LogP contribution in [-0.2, 0) is 6.42 Å². The van der Waals surface area contributed by atoms with Crippen LogP contribution in [0.5, 0.6) is 0 Å². The smallest absolute Gasteiger partial charge is 0.123 e. The van der Waals surface area contributed by atoms with Crippen LogP contribution in [0.2, 0.25) is 0 Å². The van der Waals surface area contributed by atoms with Crippen molar-refractivity contribution >= 4 is 21.6 Å². The SMILES string of the molecule is CC(C)c1cc(Br)c2c(c1)CCC(c1ccc(F)cc1)N2. The van der Waals surface area contributed by atoms with E-state index in [9.17, 15) is 4.39 Å². The molecule has 0 amide bonds. The van der Waals surface area contributed by atoms with Crippen LogP contribution in [0.3, 0.4) is 0 Å². The number of hydrogen-bond acceptors (Lipinski definition) is 1. The molecule has 0 aromatic heterocycles. The lowest BCUT2D eigenvalue weighted by Gasteiger charge is -2.29. The van der Waals surface area contributed by atoms with Gasteiger partial charge in [-0.05, 0) is 69.6 Å². The Hall–Kier alpha value is -1.35. The molecule has 2 aromatic rings. The van der Waals surface area contributed by atoms with Crippen molar-refractivity contribution in [1.29, 1.82) is 0 Å². The minimum absolute atomic E-state index is 0.183. The van der Waals surface area contributed by atoms with E-state index < -0.39 is 0 Å². The summed E-state index contributed by atoms with van der Waals surface area (Å²) in [6.07, 6.45) is 2.08. The molecular weight excluding hydrogens is 329 g/mol. The van der Waals surface area contributed by atoms with Gasteiger partial charge in [-0.3, -0.25) is 0 Å². The van der Waals surface area contributed by atoms with Crippen molar-refractivity contribution in [3.8, 4) is 0 Å². The van der Waals surface area contributed by atoms with E-state index in [1.165, 1.54) is 28.9 Å². The van der Waals surface area contributed by atoms with Crippen molar-refractivity contribution in [2.45, 2.75) is 38.6 Å². The number of aryl methyl sites for hydroxylation is 1. The topological polar surface area (TPSA) is 12.0 Å². The molecule has 1 atom stereocenters. The highest BCUT2D eigenvalue weighted by molar-refractivity contribution is 9.10. The van der Waals surface area contributed by atoms with Gasteiger partial charge in [-0.15, -0.1) is 0 Å². The molecule has 0 aliphatic carbocycles. The van der Waals surface area contributed by atoms with E-state index in [0.29, 0.717) is 5.92 Å². The van der Waals surface area contributed by atoms with Crippen LogP contribution in [0.25, 0.3) is 0 Å². The molecule has 1 nitrogen and oxygen atoms in total. The van der Waals surface area contributed by atoms with Crippen LogP contribution in [0.15, 0.2) is 40.9 Å². The molecule has 1 aliphatic heterocycles. The van der Waals surface area contributed by atoms with Gasteiger partial charge in [0.15, 0.2) is 0 Å². The van der Waals surface area contributed by atoms with Gasteiger partial charge in [-0.2, -0.15) is 0 Å². The zero-order chi connectivity index (χ0) is 15.0. The highest BCUT2D eigenvalue weighted by Gasteiger charge is 2.22. The summed E-state index contributed by atoms with van der Waals surface area (Å²) >= 11 is 3.69. The Morgan fingerprint density at radius 2 is 1.90 bits per heavy atom. The van der Waals surface area contributed by atoms with E-state index in [1.54, 1.807) is 0 Å². The Morgan fingerprint density at radius 3 is 2.57 bits per heavy atom. The first-order chi connectivity index (χ1) is 10.0. The number of halogens is 2. The van der Waals surface area contributed by atoms with Gasteiger partial charge in [0, 0.05) is 4.47 Å². The van der Waals surface area contributed by atoms with Crippen molar-refractivity contribution in [3.63, 3.8) is 0 Å². The fraction of sp³-hybridized carbons (Fsp3) is 0.333. The van der Waals surface area contributed by atoms with Crippen LogP contribution in [0, 0.1) is 5.82 Å². The molecule has 0 bridgehead atoms. The largest absolute Gasteiger partial charge is 0.377 e. The molecule has 1 N–H and O–H groups in total. The molecule has 0 radical (unpaired) electrons. The molecule has 3 rings (SSSR count). The van der Waals surface area contributed by atoms with Crippen LogP contribution in [0.4, 0.5) is 10.1 Å². The summed E-state index contributed by atoms with van der Waals surface area (Å²) in [7, 11) is 0. The highest BCUT2D eigenvalue weighted by Crippen LogP contribution is 2.39. The second-order valence-corrected chi connectivity index (χ2v) is 6.83. The third-order valence-corrected chi connectivity index (χ3v) is 4.78. The van der Waals surface area contributed by atoms with Crippen molar-refractivity contribution in [3.05, 3.63) is 63.4 Å². The van der Waals surface area contributed by atoms with Crippen LogP contribution >= 0.6 is 15.9 Å². The Morgan fingerprint density at radius 1 is 1.19 bits per heavy atom. The summed E-state index contributed by atoms with van der Waals surface area (Å²) in [5.74, 6) is 0.346. The van der Waals surface area contributed by atoms with Crippen LogP contribution in [-0.4, -0.2) is 0 Å². The fourth-order valence-corrected chi connectivity index (χ4v) is 3.50. The normalized spacial score (nSPS) is 17.5. The van der Waals surface area contributed by atoms with Gasteiger partial charge in [0.2, 0.25) is 0 Å². The predicted molar refractivity (Wildman–Crippen MR) is 89.3 cm³/mol. The number of benzene rings is 2. The molecule has 2 aromatic carbocycles. The lowest BCUT2D eigenvalue weighted by molar-refractivity contribution is 0.622.